The molecule has 1 aromatic heterocycles. The van der Waals surface area contributed by atoms with E-state index in [0.29, 0.717) is 18.6 Å². The molecule has 1 saturated heterocycles. The molecule has 2 aromatic rings. The van der Waals surface area contributed by atoms with Crippen LogP contribution in [0.25, 0.3) is 10.9 Å². The van der Waals surface area contributed by atoms with Crippen molar-refractivity contribution in [2.75, 3.05) is 19.6 Å². The Kier molecular flexibility index (Phi) is 2.98. The quantitative estimate of drug-likeness (QED) is 0.771. The van der Waals surface area contributed by atoms with Crippen LogP contribution in [-0.4, -0.2) is 41.3 Å². The van der Waals surface area contributed by atoms with Crippen LogP contribution in [0.4, 0.5) is 0 Å². The highest BCUT2D eigenvalue weighted by Gasteiger charge is 2.24. The lowest BCUT2D eigenvalue weighted by atomic mass is 10.1. The fourth-order valence-corrected chi connectivity index (χ4v) is 2.29. The summed E-state index contributed by atoms with van der Waals surface area (Å²) in [6, 6.07) is 8.82. The maximum Gasteiger partial charge on any atom is 0.261 e. The first kappa shape index (κ1) is 12.4. The van der Waals surface area contributed by atoms with Crippen molar-refractivity contribution < 1.29 is 9.59 Å². The molecule has 2 heterocycles. The van der Waals surface area contributed by atoms with Crippen LogP contribution < -0.4 is 10.9 Å². The average molecular weight is 271 g/mol. The molecule has 0 bridgehead atoms. The summed E-state index contributed by atoms with van der Waals surface area (Å²) in [6.07, 6.45) is 0. The van der Waals surface area contributed by atoms with Gasteiger partial charge in [0.25, 0.3) is 11.5 Å². The zero-order valence-corrected chi connectivity index (χ0v) is 10.7. The van der Waals surface area contributed by atoms with Gasteiger partial charge in [0, 0.05) is 18.6 Å². The summed E-state index contributed by atoms with van der Waals surface area (Å²) in [5.41, 5.74) is 0.323. The van der Waals surface area contributed by atoms with Crippen molar-refractivity contribution in [3.63, 3.8) is 0 Å². The number of hydrogen-bond donors (Lipinski definition) is 2. The summed E-state index contributed by atoms with van der Waals surface area (Å²) in [6.45, 7) is 0.817. The summed E-state index contributed by atoms with van der Waals surface area (Å²) in [7, 11) is 0. The van der Waals surface area contributed by atoms with E-state index in [0.717, 1.165) is 5.39 Å². The first-order chi connectivity index (χ1) is 9.65. The number of fused-ring (bicyclic) bond motifs is 1. The van der Waals surface area contributed by atoms with Gasteiger partial charge in [-0.15, -0.1) is 0 Å². The van der Waals surface area contributed by atoms with E-state index in [1.165, 1.54) is 4.90 Å². The summed E-state index contributed by atoms with van der Waals surface area (Å²) >= 11 is 0. The highest BCUT2D eigenvalue weighted by molar-refractivity contribution is 5.99. The monoisotopic (exact) mass is 271 g/mol. The van der Waals surface area contributed by atoms with E-state index in [1.54, 1.807) is 12.1 Å². The molecule has 6 heteroatoms. The van der Waals surface area contributed by atoms with Gasteiger partial charge in [-0.3, -0.25) is 14.4 Å². The Bertz CT molecular complexity index is 751. The van der Waals surface area contributed by atoms with Crippen LogP contribution in [0, 0.1) is 0 Å². The van der Waals surface area contributed by atoms with Crippen LogP contribution in [0.15, 0.2) is 35.1 Å². The van der Waals surface area contributed by atoms with Gasteiger partial charge in [-0.05, 0) is 17.5 Å². The Morgan fingerprint density at radius 3 is 2.80 bits per heavy atom. The number of H-pyrrole nitrogens is 1. The lowest BCUT2D eigenvalue weighted by Gasteiger charge is -2.26. The number of rotatable bonds is 1. The summed E-state index contributed by atoms with van der Waals surface area (Å²) in [4.78, 5) is 39.7. The Morgan fingerprint density at radius 2 is 2.00 bits per heavy atom. The van der Waals surface area contributed by atoms with Gasteiger partial charge in [0.1, 0.15) is 5.56 Å². The van der Waals surface area contributed by atoms with E-state index in [-0.39, 0.29) is 18.0 Å². The van der Waals surface area contributed by atoms with Gasteiger partial charge in [0.15, 0.2) is 0 Å². The molecule has 0 radical (unpaired) electrons. The minimum absolute atomic E-state index is 0.00883. The normalized spacial score (nSPS) is 15.2. The molecule has 1 aliphatic heterocycles. The van der Waals surface area contributed by atoms with Crippen LogP contribution in [0.2, 0.25) is 0 Å². The molecule has 1 fully saturated rings. The lowest BCUT2D eigenvalue weighted by Crippen LogP contribution is -2.50. The molecule has 2 amide bonds. The number of para-hydroxylation sites is 1. The second kappa shape index (κ2) is 4.80. The molecular formula is C14H13N3O3. The molecule has 0 spiro atoms. The Balaban J connectivity index is 2.00. The standard InChI is InChI=1S/C14H13N3O3/c18-12-8-17(6-5-15-12)14(20)10-7-9-3-1-2-4-11(9)16-13(10)19/h1-4,7H,5-6,8H2,(H,15,18)(H,16,19). The highest BCUT2D eigenvalue weighted by atomic mass is 16.2. The minimum atomic E-state index is -0.431. The van der Waals surface area contributed by atoms with Crippen LogP contribution in [0.1, 0.15) is 10.4 Å². The summed E-state index contributed by atoms with van der Waals surface area (Å²) in [5.74, 6) is -0.617. The van der Waals surface area contributed by atoms with Gasteiger partial charge in [-0.25, -0.2) is 0 Å². The van der Waals surface area contributed by atoms with Crippen molar-refractivity contribution in [1.82, 2.24) is 15.2 Å². The zero-order valence-electron chi connectivity index (χ0n) is 10.7. The van der Waals surface area contributed by atoms with E-state index < -0.39 is 11.5 Å². The van der Waals surface area contributed by atoms with Crippen LogP contribution in [-0.2, 0) is 4.79 Å². The van der Waals surface area contributed by atoms with Crippen molar-refractivity contribution in [3.05, 3.63) is 46.2 Å². The molecule has 0 saturated carbocycles. The van der Waals surface area contributed by atoms with Gasteiger partial charge < -0.3 is 15.2 Å². The van der Waals surface area contributed by atoms with E-state index in [4.69, 9.17) is 0 Å². The topological polar surface area (TPSA) is 82.3 Å². The van der Waals surface area contributed by atoms with Crippen LogP contribution in [0.5, 0.6) is 0 Å². The largest absolute Gasteiger partial charge is 0.353 e. The number of aromatic amines is 1. The smallest absolute Gasteiger partial charge is 0.261 e. The summed E-state index contributed by atoms with van der Waals surface area (Å²) < 4.78 is 0. The molecule has 20 heavy (non-hydrogen) atoms. The molecule has 0 unspecified atom stereocenters. The van der Waals surface area contributed by atoms with E-state index in [9.17, 15) is 14.4 Å². The van der Waals surface area contributed by atoms with Crippen molar-refractivity contribution >= 4 is 22.7 Å². The maximum atomic E-state index is 12.3. The number of nitrogens with zero attached hydrogens (tertiary/aromatic N) is 1. The van der Waals surface area contributed by atoms with Crippen LogP contribution >= 0.6 is 0 Å². The van der Waals surface area contributed by atoms with E-state index >= 15 is 0 Å². The second-order valence-corrected chi connectivity index (χ2v) is 4.68. The number of amides is 2. The number of piperazine rings is 1. The first-order valence-electron chi connectivity index (χ1n) is 6.33. The molecular weight excluding hydrogens is 258 g/mol. The van der Waals surface area contributed by atoms with Gasteiger partial charge in [0.05, 0.1) is 6.54 Å². The number of aromatic nitrogens is 1. The average Bonchev–Trinajstić information content (AvgIpc) is 2.46. The van der Waals surface area contributed by atoms with Crippen LogP contribution in [0.3, 0.4) is 0 Å². The first-order valence-corrected chi connectivity index (χ1v) is 6.33. The van der Waals surface area contributed by atoms with E-state index in [1.807, 2.05) is 18.2 Å². The Labute approximate surface area is 114 Å². The lowest BCUT2D eigenvalue weighted by molar-refractivity contribution is -0.123. The van der Waals surface area contributed by atoms with Crippen molar-refractivity contribution in [3.8, 4) is 0 Å². The Morgan fingerprint density at radius 1 is 1.20 bits per heavy atom. The number of carbonyl (C=O) groups excluding carboxylic acids is 2. The predicted octanol–water partition coefficient (Wildman–Crippen LogP) is 0.100. The van der Waals surface area contributed by atoms with Crippen molar-refractivity contribution in [2.45, 2.75) is 0 Å². The zero-order chi connectivity index (χ0) is 14.1. The molecule has 102 valence electrons. The second-order valence-electron chi connectivity index (χ2n) is 4.68. The number of pyridine rings is 1. The minimum Gasteiger partial charge on any atom is -0.353 e. The SMILES string of the molecule is O=C1CN(C(=O)c2cc3ccccc3[nH]c2=O)CCN1. The van der Waals surface area contributed by atoms with Gasteiger partial charge in [-0.2, -0.15) is 0 Å². The Hall–Kier alpha value is -2.63. The number of carbonyl (C=O) groups is 2. The third kappa shape index (κ3) is 2.16. The van der Waals surface area contributed by atoms with Crippen molar-refractivity contribution in [1.29, 1.82) is 0 Å². The maximum absolute atomic E-state index is 12.3. The molecule has 3 rings (SSSR count). The molecule has 0 aliphatic carbocycles. The van der Waals surface area contributed by atoms with Crippen molar-refractivity contribution in [2.24, 2.45) is 0 Å². The fraction of sp³-hybridized carbons (Fsp3) is 0.214. The predicted molar refractivity (Wildman–Crippen MR) is 73.5 cm³/mol. The van der Waals surface area contributed by atoms with E-state index in [2.05, 4.69) is 10.3 Å². The van der Waals surface area contributed by atoms with Gasteiger partial charge >= 0.3 is 0 Å². The molecule has 6 nitrogen and oxygen atoms in total. The molecule has 1 aromatic carbocycles. The third-order valence-electron chi connectivity index (χ3n) is 3.31. The summed E-state index contributed by atoms with van der Waals surface area (Å²) in [5, 5.41) is 3.43. The number of benzene rings is 1. The third-order valence-corrected chi connectivity index (χ3v) is 3.31. The van der Waals surface area contributed by atoms with Gasteiger partial charge in [-0.1, -0.05) is 18.2 Å². The molecule has 2 N–H and O–H groups in total. The number of hydrogen-bond acceptors (Lipinski definition) is 3. The number of nitrogens with one attached hydrogen (secondary N) is 2. The fourth-order valence-electron chi connectivity index (χ4n) is 2.29. The molecule has 0 atom stereocenters. The van der Waals surface area contributed by atoms with Gasteiger partial charge in [0.2, 0.25) is 5.91 Å². The highest BCUT2D eigenvalue weighted by Crippen LogP contribution is 2.11. The molecule has 1 aliphatic rings.